The van der Waals surface area contributed by atoms with Crippen LogP contribution in [0, 0.1) is 11.3 Å². The molecule has 0 aromatic rings. The summed E-state index contributed by atoms with van der Waals surface area (Å²) in [7, 11) is 0. The van der Waals surface area contributed by atoms with Crippen molar-refractivity contribution in [2.75, 3.05) is 13.1 Å². The molecule has 0 radical (unpaired) electrons. The van der Waals surface area contributed by atoms with Gasteiger partial charge in [-0.25, -0.2) is 0 Å². The van der Waals surface area contributed by atoms with Crippen molar-refractivity contribution in [2.45, 2.75) is 32.7 Å². The number of hydrogen-bond donors (Lipinski definition) is 2. The van der Waals surface area contributed by atoms with E-state index in [0.717, 1.165) is 25.1 Å². The van der Waals surface area contributed by atoms with Gasteiger partial charge in [0.25, 0.3) is 0 Å². The second-order valence-electron chi connectivity index (χ2n) is 3.77. The number of amides is 1. The van der Waals surface area contributed by atoms with Crippen molar-refractivity contribution >= 4 is 5.91 Å². The fraction of sp³-hybridized carbons (Fsp3) is 0.636. The maximum Gasteiger partial charge on any atom is 0.247 e. The minimum atomic E-state index is -0.0337. The third-order valence-corrected chi connectivity index (χ3v) is 2.71. The minimum absolute atomic E-state index is 0.0221. The summed E-state index contributed by atoms with van der Waals surface area (Å²) in [6.07, 6.45) is 1.17. The zero-order valence-corrected chi connectivity index (χ0v) is 9.26. The molecule has 0 aromatic carbocycles. The van der Waals surface area contributed by atoms with Crippen LogP contribution in [0.1, 0.15) is 26.7 Å². The van der Waals surface area contributed by atoms with Crippen molar-refractivity contribution < 1.29 is 4.79 Å². The lowest BCUT2D eigenvalue weighted by atomic mass is 10.0. The number of nitriles is 1. The van der Waals surface area contributed by atoms with Gasteiger partial charge in [0, 0.05) is 24.7 Å². The summed E-state index contributed by atoms with van der Waals surface area (Å²) < 4.78 is 0. The first-order valence-electron chi connectivity index (χ1n) is 5.26. The van der Waals surface area contributed by atoms with Crippen LogP contribution < -0.4 is 10.6 Å². The molecule has 0 aliphatic carbocycles. The third-order valence-electron chi connectivity index (χ3n) is 2.71. The first kappa shape index (κ1) is 11.7. The molecule has 82 valence electrons. The molecular weight excluding hydrogens is 190 g/mol. The number of nitrogens with zero attached hydrogens (tertiary/aromatic N) is 1. The molecule has 4 heteroatoms. The van der Waals surface area contributed by atoms with E-state index in [-0.39, 0.29) is 11.9 Å². The van der Waals surface area contributed by atoms with Crippen LogP contribution in [-0.2, 0) is 4.79 Å². The van der Waals surface area contributed by atoms with Gasteiger partial charge in [-0.3, -0.25) is 4.79 Å². The molecule has 0 spiro atoms. The van der Waals surface area contributed by atoms with Crippen LogP contribution >= 0.6 is 0 Å². The van der Waals surface area contributed by atoms with Crippen molar-refractivity contribution in [2.24, 2.45) is 0 Å². The summed E-state index contributed by atoms with van der Waals surface area (Å²) >= 11 is 0. The van der Waals surface area contributed by atoms with Gasteiger partial charge in [-0.1, -0.05) is 6.92 Å². The maximum atomic E-state index is 11.7. The Balaban J connectivity index is 2.50. The fourth-order valence-corrected chi connectivity index (χ4v) is 1.38. The Bertz CT molecular complexity index is 308. The van der Waals surface area contributed by atoms with Crippen molar-refractivity contribution in [3.05, 3.63) is 11.1 Å². The van der Waals surface area contributed by atoms with Crippen molar-refractivity contribution in [1.82, 2.24) is 10.6 Å². The van der Waals surface area contributed by atoms with E-state index >= 15 is 0 Å². The van der Waals surface area contributed by atoms with Gasteiger partial charge in [0.2, 0.25) is 5.91 Å². The molecule has 1 fully saturated rings. The van der Waals surface area contributed by atoms with Crippen LogP contribution in [0.5, 0.6) is 0 Å². The van der Waals surface area contributed by atoms with E-state index in [1.54, 1.807) is 0 Å². The van der Waals surface area contributed by atoms with E-state index < -0.39 is 0 Å². The highest BCUT2D eigenvalue weighted by atomic mass is 16.1. The van der Waals surface area contributed by atoms with E-state index in [4.69, 9.17) is 5.26 Å². The molecule has 0 bridgehead atoms. The van der Waals surface area contributed by atoms with Crippen LogP contribution in [0.15, 0.2) is 11.1 Å². The van der Waals surface area contributed by atoms with Crippen LogP contribution in [0.25, 0.3) is 0 Å². The SMILES string of the molecule is CCC(CC#N)NC(=O)C(C)=C1CNC1. The molecule has 1 atom stereocenters. The highest BCUT2D eigenvalue weighted by Gasteiger charge is 2.17. The standard InChI is InChI=1S/C11H17N3O/c1-3-10(4-5-12)14-11(15)8(2)9-6-13-7-9/h10,13H,3-4,6-7H2,1-2H3,(H,14,15). The van der Waals surface area contributed by atoms with E-state index in [1.807, 2.05) is 13.8 Å². The average molecular weight is 207 g/mol. The Morgan fingerprint density at radius 3 is 2.73 bits per heavy atom. The molecule has 1 rings (SSSR count). The smallest absolute Gasteiger partial charge is 0.247 e. The Hall–Kier alpha value is -1.34. The first-order chi connectivity index (χ1) is 7.19. The second-order valence-corrected chi connectivity index (χ2v) is 3.77. The zero-order chi connectivity index (χ0) is 11.3. The minimum Gasteiger partial charge on any atom is -0.349 e. The lowest BCUT2D eigenvalue weighted by Gasteiger charge is -2.22. The predicted molar refractivity (Wildman–Crippen MR) is 58.0 cm³/mol. The summed E-state index contributed by atoms with van der Waals surface area (Å²) in [5.41, 5.74) is 1.96. The van der Waals surface area contributed by atoms with Crippen molar-refractivity contribution in [3.63, 3.8) is 0 Å². The van der Waals surface area contributed by atoms with Crippen LogP contribution in [0.2, 0.25) is 0 Å². The van der Waals surface area contributed by atoms with E-state index in [2.05, 4.69) is 16.7 Å². The summed E-state index contributed by atoms with van der Waals surface area (Å²) in [6.45, 7) is 5.43. The summed E-state index contributed by atoms with van der Waals surface area (Å²) in [5, 5.41) is 14.5. The van der Waals surface area contributed by atoms with Gasteiger partial charge in [-0.05, 0) is 18.9 Å². The van der Waals surface area contributed by atoms with E-state index in [0.29, 0.717) is 6.42 Å². The van der Waals surface area contributed by atoms with Gasteiger partial charge < -0.3 is 10.6 Å². The largest absolute Gasteiger partial charge is 0.349 e. The maximum absolute atomic E-state index is 11.7. The summed E-state index contributed by atoms with van der Waals surface area (Å²) in [5.74, 6) is -0.0337. The van der Waals surface area contributed by atoms with E-state index in [1.165, 1.54) is 5.57 Å². The molecule has 0 aromatic heterocycles. The van der Waals surface area contributed by atoms with Crippen LogP contribution in [0.3, 0.4) is 0 Å². The number of rotatable bonds is 4. The van der Waals surface area contributed by atoms with E-state index in [9.17, 15) is 4.79 Å². The molecule has 1 aliphatic heterocycles. The van der Waals surface area contributed by atoms with Gasteiger partial charge in [0.15, 0.2) is 0 Å². The summed E-state index contributed by atoms with van der Waals surface area (Å²) in [6, 6.07) is 2.05. The normalized spacial score (nSPS) is 16.2. The summed E-state index contributed by atoms with van der Waals surface area (Å²) in [4.78, 5) is 11.7. The quantitative estimate of drug-likeness (QED) is 0.667. The highest BCUT2D eigenvalue weighted by Crippen LogP contribution is 2.09. The Morgan fingerprint density at radius 1 is 1.67 bits per heavy atom. The van der Waals surface area contributed by atoms with Gasteiger partial charge >= 0.3 is 0 Å². The Labute approximate surface area is 90.3 Å². The number of carbonyl (C=O) groups excluding carboxylic acids is 1. The molecule has 1 aliphatic rings. The van der Waals surface area contributed by atoms with Crippen molar-refractivity contribution in [3.8, 4) is 6.07 Å². The first-order valence-corrected chi connectivity index (χ1v) is 5.26. The topological polar surface area (TPSA) is 64.9 Å². The monoisotopic (exact) mass is 207 g/mol. The van der Waals surface area contributed by atoms with Gasteiger partial charge in [0.1, 0.15) is 0 Å². The molecule has 1 amide bonds. The predicted octanol–water partition coefficient (Wildman–Crippen LogP) is 0.715. The second kappa shape index (κ2) is 5.52. The number of hydrogen-bond acceptors (Lipinski definition) is 3. The zero-order valence-electron chi connectivity index (χ0n) is 9.26. The third kappa shape index (κ3) is 3.07. The highest BCUT2D eigenvalue weighted by molar-refractivity contribution is 5.94. The molecule has 1 unspecified atom stereocenters. The van der Waals surface area contributed by atoms with Gasteiger partial charge in [0.05, 0.1) is 12.5 Å². The Kier molecular flexibility index (Phi) is 4.32. The molecule has 1 saturated heterocycles. The lowest BCUT2D eigenvalue weighted by Crippen LogP contribution is -2.40. The molecule has 1 heterocycles. The molecule has 0 saturated carbocycles. The molecule has 2 N–H and O–H groups in total. The molecular formula is C11H17N3O. The van der Waals surface area contributed by atoms with Crippen molar-refractivity contribution in [1.29, 1.82) is 5.26 Å². The van der Waals surface area contributed by atoms with Crippen LogP contribution in [-0.4, -0.2) is 25.0 Å². The Morgan fingerprint density at radius 2 is 2.33 bits per heavy atom. The molecule has 4 nitrogen and oxygen atoms in total. The number of carbonyl (C=O) groups is 1. The number of nitrogens with one attached hydrogen (secondary N) is 2. The lowest BCUT2D eigenvalue weighted by molar-refractivity contribution is -0.118. The van der Waals surface area contributed by atoms with Crippen LogP contribution in [0.4, 0.5) is 0 Å². The van der Waals surface area contributed by atoms with Gasteiger partial charge in [-0.2, -0.15) is 5.26 Å². The average Bonchev–Trinajstić information content (AvgIpc) is 2.14. The van der Waals surface area contributed by atoms with Gasteiger partial charge in [-0.15, -0.1) is 0 Å². The fourth-order valence-electron chi connectivity index (χ4n) is 1.38. The molecule has 15 heavy (non-hydrogen) atoms.